The summed E-state index contributed by atoms with van der Waals surface area (Å²) < 4.78 is 5.70. The van der Waals surface area contributed by atoms with Crippen molar-refractivity contribution >= 4 is 0 Å². The van der Waals surface area contributed by atoms with E-state index in [1.54, 1.807) is 0 Å². The highest BCUT2D eigenvalue weighted by Gasteiger charge is 2.36. The first-order valence-corrected chi connectivity index (χ1v) is 6.22. The fourth-order valence-electron chi connectivity index (χ4n) is 3.13. The first kappa shape index (κ1) is 10.3. The van der Waals surface area contributed by atoms with Gasteiger partial charge in [-0.05, 0) is 43.2 Å². The van der Waals surface area contributed by atoms with E-state index < -0.39 is 0 Å². The Hall–Kier alpha value is -0.860. The van der Waals surface area contributed by atoms with Crippen LogP contribution in [-0.4, -0.2) is 18.2 Å². The largest absolute Gasteiger partial charge is 0.378 e. The minimum Gasteiger partial charge on any atom is -0.378 e. The molecular formula is C14H19NO. The molecule has 1 heterocycles. The topological polar surface area (TPSA) is 35.2 Å². The third-order valence-corrected chi connectivity index (χ3v) is 3.86. The Labute approximate surface area is 96.8 Å². The minimum absolute atomic E-state index is 0.0569. The molecule has 1 aliphatic carbocycles. The zero-order chi connectivity index (χ0) is 11.0. The Kier molecular flexibility index (Phi) is 2.49. The summed E-state index contributed by atoms with van der Waals surface area (Å²) in [5.74, 6) is 0. The summed E-state index contributed by atoms with van der Waals surface area (Å²) >= 11 is 0. The molecule has 0 spiro atoms. The van der Waals surface area contributed by atoms with Gasteiger partial charge in [0.15, 0.2) is 0 Å². The van der Waals surface area contributed by atoms with Crippen LogP contribution in [0.15, 0.2) is 24.3 Å². The third-order valence-electron chi connectivity index (χ3n) is 3.86. The molecule has 1 atom stereocenters. The highest BCUT2D eigenvalue weighted by atomic mass is 16.5. The zero-order valence-electron chi connectivity index (χ0n) is 9.61. The lowest BCUT2D eigenvalue weighted by Crippen LogP contribution is -2.43. The molecular weight excluding hydrogens is 198 g/mol. The average Bonchev–Trinajstić information content (AvgIpc) is 2.83. The molecule has 0 amide bonds. The molecule has 2 nitrogen and oxygen atoms in total. The van der Waals surface area contributed by atoms with Gasteiger partial charge in [0.05, 0.1) is 6.10 Å². The molecule has 1 aliphatic heterocycles. The lowest BCUT2D eigenvalue weighted by Gasteiger charge is -2.26. The van der Waals surface area contributed by atoms with Crippen molar-refractivity contribution in [1.82, 2.24) is 0 Å². The quantitative estimate of drug-likeness (QED) is 0.823. The molecule has 1 aromatic carbocycles. The van der Waals surface area contributed by atoms with E-state index in [-0.39, 0.29) is 5.54 Å². The van der Waals surface area contributed by atoms with Crippen molar-refractivity contribution in [2.45, 2.75) is 43.7 Å². The molecule has 0 saturated carbocycles. The maximum absolute atomic E-state index is 6.51. The van der Waals surface area contributed by atoms with Crippen LogP contribution in [0.25, 0.3) is 0 Å². The highest BCUT2D eigenvalue weighted by Crippen LogP contribution is 2.33. The van der Waals surface area contributed by atoms with E-state index in [0.29, 0.717) is 6.10 Å². The van der Waals surface area contributed by atoms with Crippen molar-refractivity contribution in [3.8, 4) is 0 Å². The van der Waals surface area contributed by atoms with Gasteiger partial charge < -0.3 is 10.5 Å². The molecule has 3 rings (SSSR count). The van der Waals surface area contributed by atoms with Gasteiger partial charge in [0.2, 0.25) is 0 Å². The van der Waals surface area contributed by atoms with Crippen LogP contribution in [0.1, 0.15) is 30.4 Å². The normalized spacial score (nSPS) is 26.9. The van der Waals surface area contributed by atoms with Crippen molar-refractivity contribution in [3.63, 3.8) is 0 Å². The number of ether oxygens (including phenoxy) is 1. The average molecular weight is 217 g/mol. The number of rotatable bonds is 2. The summed E-state index contributed by atoms with van der Waals surface area (Å²) in [6.45, 7) is 0.924. The molecule has 2 N–H and O–H groups in total. The summed E-state index contributed by atoms with van der Waals surface area (Å²) in [4.78, 5) is 0. The molecule has 0 radical (unpaired) electrons. The molecule has 0 aromatic heterocycles. The van der Waals surface area contributed by atoms with Crippen molar-refractivity contribution in [2.24, 2.45) is 5.73 Å². The number of hydrogen-bond acceptors (Lipinski definition) is 2. The molecule has 0 bridgehead atoms. The Bertz CT molecular complexity index is 357. The van der Waals surface area contributed by atoms with E-state index in [1.165, 1.54) is 24.0 Å². The van der Waals surface area contributed by atoms with Crippen molar-refractivity contribution in [2.75, 3.05) is 6.61 Å². The van der Waals surface area contributed by atoms with Crippen molar-refractivity contribution in [3.05, 3.63) is 35.4 Å². The van der Waals surface area contributed by atoms with E-state index in [4.69, 9.17) is 10.5 Å². The van der Waals surface area contributed by atoms with Gasteiger partial charge in [-0.1, -0.05) is 24.3 Å². The monoisotopic (exact) mass is 217 g/mol. The van der Waals surface area contributed by atoms with Crippen LogP contribution in [0.2, 0.25) is 0 Å². The Morgan fingerprint density at radius 1 is 1.25 bits per heavy atom. The molecule has 1 aromatic rings. The van der Waals surface area contributed by atoms with Gasteiger partial charge in [-0.25, -0.2) is 0 Å². The van der Waals surface area contributed by atoms with Gasteiger partial charge in [0.1, 0.15) is 0 Å². The van der Waals surface area contributed by atoms with E-state index in [2.05, 4.69) is 24.3 Å². The van der Waals surface area contributed by atoms with E-state index in [0.717, 1.165) is 25.9 Å². The molecule has 86 valence electrons. The van der Waals surface area contributed by atoms with Crippen LogP contribution in [0.5, 0.6) is 0 Å². The van der Waals surface area contributed by atoms with Gasteiger partial charge in [0, 0.05) is 12.1 Å². The van der Waals surface area contributed by atoms with Gasteiger partial charge in [-0.2, -0.15) is 0 Å². The second-order valence-corrected chi connectivity index (χ2v) is 5.32. The van der Waals surface area contributed by atoms with Crippen LogP contribution in [-0.2, 0) is 17.6 Å². The van der Waals surface area contributed by atoms with Crippen LogP contribution in [0.4, 0.5) is 0 Å². The van der Waals surface area contributed by atoms with Crippen LogP contribution in [0.3, 0.4) is 0 Å². The second kappa shape index (κ2) is 3.86. The Balaban J connectivity index is 1.72. The maximum Gasteiger partial charge on any atom is 0.0593 e. The fraction of sp³-hybridized carbons (Fsp3) is 0.571. The lowest BCUT2D eigenvalue weighted by molar-refractivity contribution is 0.0845. The summed E-state index contributed by atoms with van der Waals surface area (Å²) in [5.41, 5.74) is 9.32. The maximum atomic E-state index is 6.51. The zero-order valence-corrected chi connectivity index (χ0v) is 9.61. The van der Waals surface area contributed by atoms with Crippen LogP contribution < -0.4 is 5.73 Å². The highest BCUT2D eigenvalue weighted by molar-refractivity contribution is 5.36. The summed E-state index contributed by atoms with van der Waals surface area (Å²) in [5, 5.41) is 0. The molecule has 1 saturated heterocycles. The van der Waals surface area contributed by atoms with Gasteiger partial charge in [0.25, 0.3) is 0 Å². The number of fused-ring (bicyclic) bond motifs is 1. The molecule has 16 heavy (non-hydrogen) atoms. The first-order valence-electron chi connectivity index (χ1n) is 6.22. The second-order valence-electron chi connectivity index (χ2n) is 5.32. The van der Waals surface area contributed by atoms with E-state index >= 15 is 0 Å². The van der Waals surface area contributed by atoms with Crippen LogP contribution >= 0.6 is 0 Å². The number of nitrogens with two attached hydrogens (primary N) is 1. The summed E-state index contributed by atoms with van der Waals surface area (Å²) in [6.07, 6.45) is 5.84. The summed E-state index contributed by atoms with van der Waals surface area (Å²) in [6, 6.07) is 8.63. The van der Waals surface area contributed by atoms with Crippen molar-refractivity contribution in [1.29, 1.82) is 0 Å². The standard InChI is InChI=1S/C14H19NO/c15-14(10-13-6-3-7-16-13)8-11-4-1-2-5-12(11)9-14/h1-2,4-5,13H,3,6-10,15H2. The van der Waals surface area contributed by atoms with Gasteiger partial charge in [-0.15, -0.1) is 0 Å². The smallest absolute Gasteiger partial charge is 0.0593 e. The van der Waals surface area contributed by atoms with E-state index in [1.807, 2.05) is 0 Å². The SMILES string of the molecule is NC1(CC2CCCO2)Cc2ccccc2C1. The minimum atomic E-state index is -0.0569. The van der Waals surface area contributed by atoms with E-state index in [9.17, 15) is 0 Å². The number of benzene rings is 1. The first-order chi connectivity index (χ1) is 7.75. The molecule has 1 unspecified atom stereocenters. The molecule has 2 heteroatoms. The Morgan fingerprint density at radius 2 is 1.94 bits per heavy atom. The van der Waals surface area contributed by atoms with Crippen LogP contribution in [0, 0.1) is 0 Å². The van der Waals surface area contributed by atoms with Gasteiger partial charge >= 0.3 is 0 Å². The van der Waals surface area contributed by atoms with Crippen molar-refractivity contribution < 1.29 is 4.74 Å². The molecule has 1 fully saturated rings. The predicted octanol–water partition coefficient (Wildman–Crippen LogP) is 2.05. The molecule has 2 aliphatic rings. The number of hydrogen-bond donors (Lipinski definition) is 1. The van der Waals surface area contributed by atoms with Gasteiger partial charge in [-0.3, -0.25) is 0 Å². The Morgan fingerprint density at radius 3 is 2.50 bits per heavy atom. The lowest BCUT2D eigenvalue weighted by atomic mass is 9.89. The third kappa shape index (κ3) is 1.87. The summed E-state index contributed by atoms with van der Waals surface area (Å²) in [7, 11) is 0. The predicted molar refractivity (Wildman–Crippen MR) is 64.4 cm³/mol. The fourth-order valence-corrected chi connectivity index (χ4v) is 3.13.